The molecule has 50 heavy (non-hydrogen) atoms. The van der Waals surface area contributed by atoms with Crippen LogP contribution in [0.2, 0.25) is 0 Å². The second kappa shape index (κ2) is 37.6. The maximum Gasteiger partial charge on any atom is 0.303 e. The molecule has 0 fully saturated rings. The van der Waals surface area contributed by atoms with Gasteiger partial charge in [-0.3, -0.25) is 4.79 Å². The van der Waals surface area contributed by atoms with Gasteiger partial charge in [-0.2, -0.15) is 0 Å². The summed E-state index contributed by atoms with van der Waals surface area (Å²) in [6.07, 6.45) is 48.5. The van der Waals surface area contributed by atoms with Crippen LogP contribution in [0.15, 0.2) is 94.2 Å². The Morgan fingerprint density at radius 3 is 1.16 bits per heavy atom. The van der Waals surface area contributed by atoms with Gasteiger partial charge in [-0.05, 0) is 158 Å². The Bertz CT molecular complexity index is 1000. The minimum atomic E-state index is -0.671. The molecule has 0 unspecified atom stereocenters. The molecule has 0 amide bonds. The van der Waals surface area contributed by atoms with E-state index in [4.69, 9.17) is 5.11 Å². The van der Waals surface area contributed by atoms with Crippen LogP contribution in [0.5, 0.6) is 0 Å². The predicted octanol–water partition coefficient (Wildman–Crippen LogP) is 16.5. The van der Waals surface area contributed by atoms with E-state index in [-0.39, 0.29) is 0 Å². The van der Waals surface area contributed by atoms with Crippen molar-refractivity contribution >= 4 is 5.97 Å². The lowest BCUT2D eigenvalue weighted by atomic mass is 10.0. The minimum Gasteiger partial charge on any atom is -0.481 e. The van der Waals surface area contributed by atoms with E-state index >= 15 is 0 Å². The van der Waals surface area contributed by atoms with E-state index in [2.05, 4.69) is 123 Å². The molecule has 0 aliphatic rings. The van der Waals surface area contributed by atoms with E-state index in [0.29, 0.717) is 6.42 Å². The quantitative estimate of drug-likeness (QED) is 0.0626. The van der Waals surface area contributed by atoms with Crippen molar-refractivity contribution in [2.75, 3.05) is 0 Å². The molecule has 0 atom stereocenters. The van der Waals surface area contributed by atoms with Gasteiger partial charge in [0.25, 0.3) is 0 Å². The molecule has 0 saturated carbocycles. The molecule has 0 heterocycles. The van der Waals surface area contributed by atoms with E-state index in [1.165, 1.54) is 143 Å². The molecule has 0 aromatic heterocycles. The van der Waals surface area contributed by atoms with Crippen molar-refractivity contribution in [2.24, 2.45) is 0 Å². The Labute approximate surface area is 312 Å². The number of allylic oxidation sites excluding steroid dienone is 16. The number of carboxylic acid groups (broad SMARTS) is 1. The lowest BCUT2D eigenvalue weighted by molar-refractivity contribution is -0.137. The summed E-state index contributed by atoms with van der Waals surface area (Å²) in [4.78, 5) is 10.3. The fraction of sp³-hybridized carbons (Fsp3) is 0.646. The second-order valence-corrected chi connectivity index (χ2v) is 14.9. The number of carboxylic acids is 1. The second-order valence-electron chi connectivity index (χ2n) is 14.9. The first kappa shape index (κ1) is 49.5. The monoisotopic (exact) mass is 691 g/mol. The highest BCUT2D eigenvalue weighted by Gasteiger charge is 1.96. The molecule has 2 heteroatoms. The predicted molar refractivity (Wildman–Crippen MR) is 227 cm³/mol. The summed E-state index contributed by atoms with van der Waals surface area (Å²) < 4.78 is 0. The number of hydrogen-bond acceptors (Lipinski definition) is 1. The molecule has 0 aromatic rings. The zero-order chi connectivity index (χ0) is 37.7. The van der Waals surface area contributed by atoms with E-state index in [9.17, 15) is 4.79 Å². The number of aliphatic carboxylic acids is 1. The highest BCUT2D eigenvalue weighted by atomic mass is 16.4. The maximum atomic E-state index is 10.3. The number of rotatable bonds is 29. The largest absolute Gasteiger partial charge is 0.481 e. The Morgan fingerprint density at radius 1 is 0.400 bits per heavy atom. The zero-order valence-electron chi connectivity index (χ0n) is 34.7. The van der Waals surface area contributed by atoms with Crippen LogP contribution in [0, 0.1) is 0 Å². The smallest absolute Gasteiger partial charge is 0.303 e. The number of carbonyl (C=O) groups is 1. The van der Waals surface area contributed by atoms with Crippen molar-refractivity contribution in [3.8, 4) is 0 Å². The maximum absolute atomic E-state index is 10.3. The van der Waals surface area contributed by atoms with E-state index < -0.39 is 5.97 Å². The van der Waals surface area contributed by atoms with Gasteiger partial charge in [0.2, 0.25) is 0 Å². The topological polar surface area (TPSA) is 37.3 Å². The van der Waals surface area contributed by atoms with Crippen LogP contribution in [0.4, 0.5) is 0 Å². The van der Waals surface area contributed by atoms with Gasteiger partial charge in [0.1, 0.15) is 0 Å². The normalized spacial score (nSPS) is 12.7. The van der Waals surface area contributed by atoms with E-state index in [1.807, 2.05) is 0 Å². The number of unbranched alkanes of at least 4 members (excludes halogenated alkanes) is 9. The van der Waals surface area contributed by atoms with Crippen molar-refractivity contribution in [3.63, 3.8) is 0 Å². The third-order valence-electron chi connectivity index (χ3n) is 8.74. The van der Waals surface area contributed by atoms with Crippen molar-refractivity contribution < 1.29 is 9.90 Å². The summed E-state index contributed by atoms with van der Waals surface area (Å²) in [5, 5.41) is 8.50. The van der Waals surface area contributed by atoms with Gasteiger partial charge in [0.05, 0.1) is 0 Å². The first-order chi connectivity index (χ1) is 24.0. The molecule has 1 N–H and O–H groups in total. The van der Waals surface area contributed by atoms with Crippen LogP contribution in [-0.2, 0) is 4.79 Å². The van der Waals surface area contributed by atoms with Crippen LogP contribution in [-0.4, -0.2) is 11.1 Å². The SMILES string of the molecule is CC(C)=CCC/C(C)=C/CC/C(C)=C/CC/C=C(\C)CC/C=C(\C)CCC=C(C)C.CCCCC/C=C\C/C=C\CCCCCCCC(=O)O. The van der Waals surface area contributed by atoms with Crippen molar-refractivity contribution in [3.05, 3.63) is 94.2 Å². The third-order valence-corrected chi connectivity index (χ3v) is 8.74. The summed E-state index contributed by atoms with van der Waals surface area (Å²) in [5.41, 5.74) is 8.97. The standard InChI is InChI=1S/C30H50.C18H32O2/c1-25(2)15-11-19-29(7)23-13-21-27(5)17-9-10-18-28(6)22-14-24-30(8)20-12-16-26(3)4;1-2-3-4-5-6-7-8-9-10-11-12-13-14-15-16-17-18(19)20/h15-18,23-24H,9-14,19-22H2,1-8H3;6-7,9-10H,2-5,8,11-17H2,1H3,(H,19,20)/b27-17+,28-18+,29-23+,30-24+;7-6-,10-9-. The fourth-order valence-corrected chi connectivity index (χ4v) is 5.42. The molecule has 2 nitrogen and oxygen atoms in total. The Kier molecular flexibility index (Phi) is 37.3. The van der Waals surface area contributed by atoms with Gasteiger partial charge >= 0.3 is 5.97 Å². The van der Waals surface area contributed by atoms with Crippen LogP contribution in [0.25, 0.3) is 0 Å². The molecule has 0 aliphatic carbocycles. The summed E-state index contributed by atoms with van der Waals surface area (Å²) in [6.45, 7) is 20.0. The molecular weight excluding hydrogens is 609 g/mol. The molecular formula is C48H82O2. The molecule has 0 aliphatic heterocycles. The molecule has 0 saturated heterocycles. The summed E-state index contributed by atoms with van der Waals surface area (Å²) in [5.74, 6) is -0.671. The molecule has 0 rings (SSSR count). The highest BCUT2D eigenvalue weighted by molar-refractivity contribution is 5.66. The third kappa shape index (κ3) is 43.4. The molecule has 0 radical (unpaired) electrons. The fourth-order valence-electron chi connectivity index (χ4n) is 5.42. The molecule has 286 valence electrons. The van der Waals surface area contributed by atoms with Gasteiger partial charge in [0.15, 0.2) is 0 Å². The molecule has 0 bridgehead atoms. The summed E-state index contributed by atoms with van der Waals surface area (Å²) in [6, 6.07) is 0. The number of hydrogen-bond donors (Lipinski definition) is 1. The van der Waals surface area contributed by atoms with Gasteiger partial charge < -0.3 is 5.11 Å². The van der Waals surface area contributed by atoms with Crippen LogP contribution >= 0.6 is 0 Å². The van der Waals surface area contributed by atoms with Gasteiger partial charge in [-0.15, -0.1) is 0 Å². The minimum absolute atomic E-state index is 0.324. The van der Waals surface area contributed by atoms with Gasteiger partial charge in [0, 0.05) is 6.42 Å². The lowest BCUT2D eigenvalue weighted by Crippen LogP contribution is -1.93. The summed E-state index contributed by atoms with van der Waals surface area (Å²) in [7, 11) is 0. The van der Waals surface area contributed by atoms with Crippen LogP contribution in [0.1, 0.15) is 204 Å². The Hall–Kier alpha value is -2.61. The molecule has 0 spiro atoms. The average Bonchev–Trinajstić information content (AvgIpc) is 3.04. The first-order valence-electron chi connectivity index (χ1n) is 20.4. The zero-order valence-corrected chi connectivity index (χ0v) is 34.7. The van der Waals surface area contributed by atoms with Gasteiger partial charge in [-0.1, -0.05) is 133 Å². The van der Waals surface area contributed by atoms with E-state index in [0.717, 1.165) is 25.7 Å². The van der Waals surface area contributed by atoms with Crippen molar-refractivity contribution in [1.82, 2.24) is 0 Å². The average molecular weight is 691 g/mol. The van der Waals surface area contributed by atoms with Crippen molar-refractivity contribution in [2.45, 2.75) is 204 Å². The van der Waals surface area contributed by atoms with Crippen LogP contribution < -0.4 is 0 Å². The van der Waals surface area contributed by atoms with Gasteiger partial charge in [-0.25, -0.2) is 0 Å². The Balaban J connectivity index is 0. The lowest BCUT2D eigenvalue weighted by Gasteiger charge is -2.02. The molecule has 0 aromatic carbocycles. The highest BCUT2D eigenvalue weighted by Crippen LogP contribution is 2.15. The Morgan fingerprint density at radius 2 is 0.760 bits per heavy atom. The summed E-state index contributed by atoms with van der Waals surface area (Å²) >= 11 is 0. The van der Waals surface area contributed by atoms with Crippen LogP contribution in [0.3, 0.4) is 0 Å². The van der Waals surface area contributed by atoms with Crippen molar-refractivity contribution in [1.29, 1.82) is 0 Å². The first-order valence-corrected chi connectivity index (χ1v) is 20.4. The van der Waals surface area contributed by atoms with E-state index in [1.54, 1.807) is 0 Å².